The highest BCUT2D eigenvalue weighted by Gasteiger charge is 2.33. The first kappa shape index (κ1) is 22.2. The van der Waals surface area contributed by atoms with Crippen LogP contribution in [-0.2, 0) is 0 Å². The van der Waals surface area contributed by atoms with Crippen LogP contribution in [0.15, 0.2) is 36.7 Å². The maximum Gasteiger partial charge on any atom is 0.150 e. The fraction of sp³-hybridized carbons (Fsp3) is 0.481. The molecule has 33 heavy (non-hydrogen) atoms. The summed E-state index contributed by atoms with van der Waals surface area (Å²) in [4.78, 5) is 8.58. The average Bonchev–Trinajstić information content (AvgIpc) is 3.67. The van der Waals surface area contributed by atoms with Gasteiger partial charge in [0.05, 0.1) is 6.20 Å². The van der Waals surface area contributed by atoms with Crippen LogP contribution in [0.25, 0.3) is 22.0 Å². The van der Waals surface area contributed by atoms with E-state index in [0.717, 1.165) is 56.1 Å². The lowest BCUT2D eigenvalue weighted by molar-refractivity contribution is 0.478. The molecule has 3 heterocycles. The van der Waals surface area contributed by atoms with Gasteiger partial charge in [0.2, 0.25) is 0 Å². The van der Waals surface area contributed by atoms with Gasteiger partial charge >= 0.3 is 0 Å². The van der Waals surface area contributed by atoms with Gasteiger partial charge in [-0.1, -0.05) is 19.8 Å². The minimum atomic E-state index is -0.445. The Balaban J connectivity index is 1.54. The second-order valence-corrected chi connectivity index (χ2v) is 9.56. The van der Waals surface area contributed by atoms with Crippen LogP contribution in [-0.4, -0.2) is 29.1 Å². The SMILES string of the molecule is CCCCC(c1ccnc2c(F)cc(-c3cc(NC4CCNCC4)ncc3F)cc12)C1CC1. The predicted molar refractivity (Wildman–Crippen MR) is 129 cm³/mol. The van der Waals surface area contributed by atoms with Gasteiger partial charge in [0.25, 0.3) is 0 Å². The zero-order valence-electron chi connectivity index (χ0n) is 19.2. The number of hydrogen-bond donors (Lipinski definition) is 2. The number of anilines is 1. The second kappa shape index (κ2) is 9.72. The van der Waals surface area contributed by atoms with Crippen LogP contribution in [0.5, 0.6) is 0 Å². The van der Waals surface area contributed by atoms with Gasteiger partial charge in [-0.15, -0.1) is 0 Å². The predicted octanol–water partition coefficient (Wildman–Crippen LogP) is 6.42. The third-order valence-corrected chi connectivity index (χ3v) is 7.15. The monoisotopic (exact) mass is 450 g/mol. The number of benzene rings is 1. The molecule has 0 bridgehead atoms. The molecular weight excluding hydrogens is 418 g/mol. The van der Waals surface area contributed by atoms with Crippen LogP contribution < -0.4 is 10.6 Å². The maximum atomic E-state index is 15.2. The van der Waals surface area contributed by atoms with E-state index in [0.29, 0.717) is 40.3 Å². The molecule has 1 saturated carbocycles. The fourth-order valence-corrected chi connectivity index (χ4v) is 5.19. The van der Waals surface area contributed by atoms with Crippen molar-refractivity contribution in [2.75, 3.05) is 18.4 Å². The highest BCUT2D eigenvalue weighted by molar-refractivity contribution is 5.88. The third kappa shape index (κ3) is 4.86. The number of aromatic nitrogens is 2. The lowest BCUT2D eigenvalue weighted by atomic mass is 9.86. The molecule has 4 nitrogen and oxygen atoms in total. The first-order valence-corrected chi connectivity index (χ1v) is 12.4. The summed E-state index contributed by atoms with van der Waals surface area (Å²) in [6, 6.07) is 7.39. The molecule has 0 amide bonds. The van der Waals surface area contributed by atoms with Gasteiger partial charge in [-0.2, -0.15) is 0 Å². The molecular formula is C27H32F2N4. The summed E-state index contributed by atoms with van der Waals surface area (Å²) >= 11 is 0. The summed E-state index contributed by atoms with van der Waals surface area (Å²) in [5.41, 5.74) is 2.43. The highest BCUT2D eigenvalue weighted by atomic mass is 19.1. The van der Waals surface area contributed by atoms with Crippen molar-refractivity contribution in [1.29, 1.82) is 0 Å². The molecule has 2 N–H and O–H groups in total. The Morgan fingerprint density at radius 3 is 2.64 bits per heavy atom. The Kier molecular flexibility index (Phi) is 6.54. The van der Waals surface area contributed by atoms with Gasteiger partial charge < -0.3 is 10.6 Å². The summed E-state index contributed by atoms with van der Waals surface area (Å²) < 4.78 is 30.1. The van der Waals surface area contributed by atoms with E-state index in [1.54, 1.807) is 12.3 Å². The molecule has 6 heteroatoms. The molecule has 5 rings (SSSR count). The molecule has 174 valence electrons. The molecule has 1 aliphatic heterocycles. The number of halogens is 2. The summed E-state index contributed by atoms with van der Waals surface area (Å²) in [6.45, 7) is 4.11. The summed E-state index contributed by atoms with van der Waals surface area (Å²) in [6.07, 6.45) is 10.8. The molecule has 1 unspecified atom stereocenters. The van der Waals surface area contributed by atoms with E-state index >= 15 is 4.39 Å². The minimum absolute atomic E-state index is 0.305. The molecule has 0 spiro atoms. The van der Waals surface area contributed by atoms with Crippen LogP contribution in [0.3, 0.4) is 0 Å². The Morgan fingerprint density at radius 1 is 1.06 bits per heavy atom. The zero-order chi connectivity index (χ0) is 22.8. The van der Waals surface area contributed by atoms with Gasteiger partial charge in [-0.25, -0.2) is 13.8 Å². The molecule has 2 fully saturated rings. The minimum Gasteiger partial charge on any atom is -0.367 e. The normalized spacial score (nSPS) is 17.9. The van der Waals surface area contributed by atoms with Crippen LogP contribution in [0.1, 0.15) is 63.4 Å². The number of rotatable bonds is 8. The van der Waals surface area contributed by atoms with Gasteiger partial charge in [-0.05, 0) is 92.4 Å². The van der Waals surface area contributed by atoms with Crippen LogP contribution in [0.4, 0.5) is 14.6 Å². The van der Waals surface area contributed by atoms with E-state index in [2.05, 4.69) is 27.5 Å². The Hall–Kier alpha value is -2.60. The molecule has 2 aromatic heterocycles. The van der Waals surface area contributed by atoms with E-state index in [4.69, 9.17) is 0 Å². The van der Waals surface area contributed by atoms with E-state index in [9.17, 15) is 4.39 Å². The number of nitrogens with zero attached hydrogens (tertiary/aromatic N) is 2. The second-order valence-electron chi connectivity index (χ2n) is 9.56. The maximum absolute atomic E-state index is 15.2. The van der Waals surface area contributed by atoms with Gasteiger partial charge in [0, 0.05) is 23.2 Å². The Labute approximate surface area is 194 Å². The average molecular weight is 451 g/mol. The van der Waals surface area contributed by atoms with E-state index in [1.807, 2.05) is 12.1 Å². The van der Waals surface area contributed by atoms with E-state index in [1.165, 1.54) is 25.1 Å². The smallest absolute Gasteiger partial charge is 0.150 e. The first-order valence-electron chi connectivity index (χ1n) is 12.4. The van der Waals surface area contributed by atoms with Crippen molar-refractivity contribution in [3.63, 3.8) is 0 Å². The molecule has 2 aliphatic rings. The van der Waals surface area contributed by atoms with Crippen molar-refractivity contribution >= 4 is 16.7 Å². The lowest BCUT2D eigenvalue weighted by Gasteiger charge is -2.24. The van der Waals surface area contributed by atoms with Crippen molar-refractivity contribution in [3.05, 3.63) is 53.9 Å². The number of piperidine rings is 1. The molecule has 1 saturated heterocycles. The van der Waals surface area contributed by atoms with Crippen LogP contribution >= 0.6 is 0 Å². The lowest BCUT2D eigenvalue weighted by Crippen LogP contribution is -2.35. The first-order chi connectivity index (χ1) is 16.1. The molecule has 1 aromatic carbocycles. The van der Waals surface area contributed by atoms with Crippen LogP contribution in [0.2, 0.25) is 0 Å². The van der Waals surface area contributed by atoms with Crippen molar-refractivity contribution in [2.45, 2.75) is 63.8 Å². The standard InChI is InChI=1S/C27H32F2N4/c1-2-3-4-20(17-5-6-17)21-9-12-31-27-23(21)13-18(14-24(27)28)22-15-26(32-16-25(22)29)33-19-7-10-30-11-8-19/h9,12-17,19-20,30H,2-8,10-11H2,1H3,(H,32,33). The Bertz CT molecular complexity index is 1120. The number of pyridine rings is 2. The molecule has 1 aliphatic carbocycles. The summed E-state index contributed by atoms with van der Waals surface area (Å²) in [7, 11) is 0. The number of unbranched alkanes of at least 4 members (excludes halogenated alkanes) is 1. The number of hydrogen-bond acceptors (Lipinski definition) is 4. The zero-order valence-corrected chi connectivity index (χ0v) is 19.2. The third-order valence-electron chi connectivity index (χ3n) is 7.15. The Morgan fingerprint density at radius 2 is 1.88 bits per heavy atom. The fourth-order valence-electron chi connectivity index (χ4n) is 5.19. The summed E-state index contributed by atoms with van der Waals surface area (Å²) in [5.74, 6) is 0.846. The molecule has 1 atom stereocenters. The topological polar surface area (TPSA) is 49.8 Å². The van der Waals surface area contributed by atoms with Crippen molar-refractivity contribution < 1.29 is 8.78 Å². The number of nitrogens with one attached hydrogen (secondary N) is 2. The quantitative estimate of drug-likeness (QED) is 0.416. The van der Waals surface area contributed by atoms with Gasteiger partial charge in [-0.3, -0.25) is 4.98 Å². The summed E-state index contributed by atoms with van der Waals surface area (Å²) in [5, 5.41) is 7.57. The largest absolute Gasteiger partial charge is 0.367 e. The van der Waals surface area contributed by atoms with Crippen molar-refractivity contribution in [1.82, 2.24) is 15.3 Å². The molecule has 0 radical (unpaired) electrons. The van der Waals surface area contributed by atoms with Gasteiger partial charge in [0.15, 0.2) is 0 Å². The van der Waals surface area contributed by atoms with Gasteiger partial charge in [0.1, 0.15) is 23.0 Å². The van der Waals surface area contributed by atoms with Crippen molar-refractivity contribution in [3.8, 4) is 11.1 Å². The van der Waals surface area contributed by atoms with E-state index < -0.39 is 11.6 Å². The van der Waals surface area contributed by atoms with Crippen molar-refractivity contribution in [2.24, 2.45) is 5.92 Å². The van der Waals surface area contributed by atoms with Crippen LogP contribution in [0, 0.1) is 17.6 Å². The van der Waals surface area contributed by atoms with E-state index in [-0.39, 0.29) is 0 Å². The molecule has 3 aromatic rings. The highest BCUT2D eigenvalue weighted by Crippen LogP contribution is 2.47. The number of fused-ring (bicyclic) bond motifs is 1.